The van der Waals surface area contributed by atoms with Crippen molar-refractivity contribution >= 4 is 11.8 Å². The molecule has 1 aromatic carbocycles. The Bertz CT molecular complexity index is 454. The molecule has 0 saturated heterocycles. The average Bonchev–Trinajstić information content (AvgIpc) is 2.49. The third-order valence-corrected chi connectivity index (χ3v) is 5.52. The van der Waals surface area contributed by atoms with Gasteiger partial charge in [0.1, 0.15) is 0 Å². The number of rotatable bonds is 3. The summed E-state index contributed by atoms with van der Waals surface area (Å²) in [6.45, 7) is 0. The number of fused-ring (bicyclic) bond motifs is 1. The van der Waals surface area contributed by atoms with Crippen LogP contribution in [-0.4, -0.2) is 23.5 Å². The highest BCUT2D eigenvalue weighted by Crippen LogP contribution is 2.33. The highest BCUT2D eigenvalue weighted by molar-refractivity contribution is 7.98. The predicted molar refractivity (Wildman–Crippen MR) is 85.3 cm³/mol. The van der Waals surface area contributed by atoms with Gasteiger partial charge in [0.15, 0.2) is 0 Å². The Morgan fingerprint density at radius 1 is 1.15 bits per heavy atom. The van der Waals surface area contributed by atoms with Gasteiger partial charge in [0.05, 0.1) is 6.10 Å². The largest absolute Gasteiger partial charge is 0.393 e. The molecule has 2 aliphatic carbocycles. The lowest BCUT2D eigenvalue weighted by atomic mass is 9.85. The van der Waals surface area contributed by atoms with Gasteiger partial charge in [0, 0.05) is 17.0 Å². The highest BCUT2D eigenvalue weighted by atomic mass is 32.2. The van der Waals surface area contributed by atoms with Crippen molar-refractivity contribution < 1.29 is 5.11 Å². The minimum absolute atomic E-state index is 0.0594. The highest BCUT2D eigenvalue weighted by Gasteiger charge is 2.25. The van der Waals surface area contributed by atoms with Crippen LogP contribution >= 0.6 is 11.8 Å². The van der Waals surface area contributed by atoms with Gasteiger partial charge in [0.25, 0.3) is 0 Å². The summed E-state index contributed by atoms with van der Waals surface area (Å²) in [5, 5.41) is 13.5. The van der Waals surface area contributed by atoms with Crippen LogP contribution in [0, 0.1) is 0 Å². The summed E-state index contributed by atoms with van der Waals surface area (Å²) in [5.41, 5.74) is 3.05. The van der Waals surface area contributed by atoms with E-state index in [0.717, 1.165) is 25.7 Å². The van der Waals surface area contributed by atoms with Crippen molar-refractivity contribution in [3.8, 4) is 0 Å². The topological polar surface area (TPSA) is 32.3 Å². The fourth-order valence-electron chi connectivity index (χ4n) is 3.62. The SMILES string of the molecule is CSc1ccc2c(c1)CCCC2NC1CCC(O)CC1. The van der Waals surface area contributed by atoms with Crippen LogP contribution in [0.3, 0.4) is 0 Å². The van der Waals surface area contributed by atoms with Crippen molar-refractivity contribution in [2.75, 3.05) is 6.26 Å². The average molecular weight is 291 g/mol. The van der Waals surface area contributed by atoms with E-state index in [1.807, 2.05) is 11.8 Å². The number of thioether (sulfide) groups is 1. The molecule has 110 valence electrons. The maximum atomic E-state index is 9.62. The first-order valence-corrected chi connectivity index (χ1v) is 9.09. The third kappa shape index (κ3) is 3.21. The van der Waals surface area contributed by atoms with Crippen LogP contribution in [0.25, 0.3) is 0 Å². The predicted octanol–water partition coefficient (Wildman–Crippen LogP) is 3.68. The van der Waals surface area contributed by atoms with Crippen LogP contribution in [-0.2, 0) is 6.42 Å². The van der Waals surface area contributed by atoms with E-state index >= 15 is 0 Å². The first-order chi connectivity index (χ1) is 9.76. The maximum Gasteiger partial charge on any atom is 0.0541 e. The Kier molecular flexibility index (Phi) is 4.69. The molecule has 2 N–H and O–H groups in total. The molecule has 0 radical (unpaired) electrons. The molecule has 2 aliphatic rings. The number of hydrogen-bond donors (Lipinski definition) is 2. The number of hydrogen-bond acceptors (Lipinski definition) is 3. The quantitative estimate of drug-likeness (QED) is 0.833. The zero-order chi connectivity index (χ0) is 13.9. The molecule has 1 saturated carbocycles. The summed E-state index contributed by atoms with van der Waals surface area (Å²) in [6, 6.07) is 8.08. The zero-order valence-corrected chi connectivity index (χ0v) is 13.1. The zero-order valence-electron chi connectivity index (χ0n) is 12.3. The number of benzene rings is 1. The Morgan fingerprint density at radius 2 is 1.95 bits per heavy atom. The molecule has 20 heavy (non-hydrogen) atoms. The van der Waals surface area contributed by atoms with Crippen molar-refractivity contribution in [1.29, 1.82) is 0 Å². The first kappa shape index (κ1) is 14.4. The Hall–Kier alpha value is -0.510. The Morgan fingerprint density at radius 3 is 2.70 bits per heavy atom. The molecule has 1 unspecified atom stereocenters. The van der Waals surface area contributed by atoms with Crippen molar-refractivity contribution in [1.82, 2.24) is 5.32 Å². The van der Waals surface area contributed by atoms with Crippen LogP contribution in [0.5, 0.6) is 0 Å². The standard InChI is InChI=1S/C17H25NOS/c1-20-15-9-10-16-12(11-15)3-2-4-17(16)18-13-5-7-14(19)8-6-13/h9-11,13-14,17-19H,2-8H2,1H3. The van der Waals surface area contributed by atoms with Gasteiger partial charge in [-0.15, -0.1) is 11.8 Å². The van der Waals surface area contributed by atoms with Crippen molar-refractivity contribution in [3.05, 3.63) is 29.3 Å². The summed E-state index contributed by atoms with van der Waals surface area (Å²) in [4.78, 5) is 1.38. The van der Waals surface area contributed by atoms with Crippen molar-refractivity contribution in [3.63, 3.8) is 0 Å². The molecule has 0 aromatic heterocycles. The number of aliphatic hydroxyl groups excluding tert-OH is 1. The van der Waals surface area contributed by atoms with E-state index in [4.69, 9.17) is 0 Å². The van der Waals surface area contributed by atoms with Gasteiger partial charge in [-0.3, -0.25) is 0 Å². The van der Waals surface area contributed by atoms with Gasteiger partial charge in [-0.25, -0.2) is 0 Å². The third-order valence-electron chi connectivity index (χ3n) is 4.80. The van der Waals surface area contributed by atoms with Gasteiger partial charge in [-0.1, -0.05) is 6.07 Å². The van der Waals surface area contributed by atoms with Crippen LogP contribution in [0.4, 0.5) is 0 Å². The molecular formula is C17H25NOS. The van der Waals surface area contributed by atoms with E-state index in [1.54, 1.807) is 0 Å². The number of aliphatic hydroxyl groups is 1. The molecule has 2 nitrogen and oxygen atoms in total. The molecule has 0 aliphatic heterocycles. The summed E-state index contributed by atoms with van der Waals surface area (Å²) in [6.07, 6.45) is 10.0. The molecule has 1 atom stereocenters. The fourth-order valence-corrected chi connectivity index (χ4v) is 4.08. The normalized spacial score (nSPS) is 30.0. The van der Waals surface area contributed by atoms with Gasteiger partial charge >= 0.3 is 0 Å². The van der Waals surface area contributed by atoms with Crippen molar-refractivity contribution in [2.24, 2.45) is 0 Å². The molecular weight excluding hydrogens is 266 g/mol. The monoisotopic (exact) mass is 291 g/mol. The molecule has 1 fully saturated rings. The second-order valence-corrected chi connectivity index (χ2v) is 7.06. The van der Waals surface area contributed by atoms with Gasteiger partial charge in [0.2, 0.25) is 0 Å². The van der Waals surface area contributed by atoms with Gasteiger partial charge in [-0.2, -0.15) is 0 Å². The van der Waals surface area contributed by atoms with Gasteiger partial charge in [-0.05, 0) is 74.5 Å². The molecule has 0 heterocycles. The number of nitrogens with one attached hydrogen (secondary N) is 1. The van der Waals surface area contributed by atoms with E-state index in [-0.39, 0.29) is 6.10 Å². The lowest BCUT2D eigenvalue weighted by Crippen LogP contribution is -2.38. The van der Waals surface area contributed by atoms with E-state index in [0.29, 0.717) is 12.1 Å². The van der Waals surface area contributed by atoms with Crippen LogP contribution in [0.1, 0.15) is 55.7 Å². The van der Waals surface area contributed by atoms with E-state index in [1.165, 1.54) is 35.3 Å². The maximum absolute atomic E-state index is 9.62. The van der Waals surface area contributed by atoms with E-state index < -0.39 is 0 Å². The molecule has 0 bridgehead atoms. The summed E-state index contributed by atoms with van der Waals surface area (Å²) in [7, 11) is 0. The minimum Gasteiger partial charge on any atom is -0.393 e. The van der Waals surface area contributed by atoms with Gasteiger partial charge < -0.3 is 10.4 Å². The van der Waals surface area contributed by atoms with Crippen LogP contribution < -0.4 is 5.32 Å². The molecule has 1 aromatic rings. The lowest BCUT2D eigenvalue weighted by Gasteiger charge is -2.33. The molecule has 3 rings (SSSR count). The second-order valence-electron chi connectivity index (χ2n) is 6.18. The lowest BCUT2D eigenvalue weighted by molar-refractivity contribution is 0.113. The number of aryl methyl sites for hydroxylation is 1. The Balaban J connectivity index is 1.70. The first-order valence-electron chi connectivity index (χ1n) is 7.87. The summed E-state index contributed by atoms with van der Waals surface area (Å²) in [5.74, 6) is 0. The summed E-state index contributed by atoms with van der Waals surface area (Å²) >= 11 is 1.83. The van der Waals surface area contributed by atoms with Crippen LogP contribution in [0.2, 0.25) is 0 Å². The minimum atomic E-state index is -0.0594. The van der Waals surface area contributed by atoms with Crippen molar-refractivity contribution in [2.45, 2.75) is 68.0 Å². The van der Waals surface area contributed by atoms with E-state index in [2.05, 4.69) is 29.8 Å². The Labute approximate surface area is 126 Å². The smallest absolute Gasteiger partial charge is 0.0541 e. The fraction of sp³-hybridized carbons (Fsp3) is 0.647. The molecule has 3 heteroatoms. The molecule has 0 spiro atoms. The van der Waals surface area contributed by atoms with Crippen LogP contribution in [0.15, 0.2) is 23.1 Å². The van der Waals surface area contributed by atoms with E-state index in [9.17, 15) is 5.11 Å². The second kappa shape index (κ2) is 6.50. The molecule has 0 amide bonds. The summed E-state index contributed by atoms with van der Waals surface area (Å²) < 4.78 is 0.